The highest BCUT2D eigenvalue weighted by atomic mass is 35.5. The highest BCUT2D eigenvalue weighted by molar-refractivity contribution is 6.33. The molecule has 1 nitrogen and oxygen atoms in total. The maximum atomic E-state index is 6.02. The second kappa shape index (κ2) is 4.73. The third-order valence-electron chi connectivity index (χ3n) is 1.84. The van der Waals surface area contributed by atoms with E-state index in [1.54, 1.807) is 0 Å². The summed E-state index contributed by atoms with van der Waals surface area (Å²) >= 11 is 11.7. The Morgan fingerprint density at radius 1 is 1.46 bits per heavy atom. The van der Waals surface area contributed by atoms with E-state index in [1.807, 2.05) is 32.0 Å². The molecule has 0 aliphatic carbocycles. The van der Waals surface area contributed by atoms with Crippen LogP contribution in [0.1, 0.15) is 12.5 Å². The van der Waals surface area contributed by atoms with Gasteiger partial charge in [0.2, 0.25) is 0 Å². The molecule has 0 bridgehead atoms. The molecule has 1 aromatic carbocycles. The Labute approximate surface area is 89.0 Å². The summed E-state index contributed by atoms with van der Waals surface area (Å²) in [6.07, 6.45) is 0. The normalized spacial score (nSPS) is 12.6. The number of anilines is 1. The van der Waals surface area contributed by atoms with Gasteiger partial charge in [-0.15, -0.1) is 11.6 Å². The standard InChI is InChI=1S/C10H13Cl2N/c1-7-4-3-5-9(12)10(7)13-8(2)6-11/h3-5,8,13H,6H2,1-2H3. The molecule has 1 atom stereocenters. The van der Waals surface area contributed by atoms with Crippen LogP contribution in [0.2, 0.25) is 5.02 Å². The SMILES string of the molecule is Cc1cccc(Cl)c1NC(C)CCl. The van der Waals surface area contributed by atoms with Gasteiger partial charge in [0.05, 0.1) is 10.7 Å². The van der Waals surface area contributed by atoms with Gasteiger partial charge in [0.15, 0.2) is 0 Å². The summed E-state index contributed by atoms with van der Waals surface area (Å²) in [7, 11) is 0. The first-order valence-electron chi connectivity index (χ1n) is 4.22. The van der Waals surface area contributed by atoms with E-state index in [0.29, 0.717) is 5.88 Å². The van der Waals surface area contributed by atoms with Crippen LogP contribution in [0.4, 0.5) is 5.69 Å². The molecule has 1 rings (SSSR count). The number of hydrogen-bond acceptors (Lipinski definition) is 1. The first-order valence-corrected chi connectivity index (χ1v) is 5.14. The van der Waals surface area contributed by atoms with Crippen molar-refractivity contribution in [1.29, 1.82) is 0 Å². The fraction of sp³-hybridized carbons (Fsp3) is 0.400. The van der Waals surface area contributed by atoms with Gasteiger partial charge in [-0.05, 0) is 25.5 Å². The minimum Gasteiger partial charge on any atom is -0.380 e. The lowest BCUT2D eigenvalue weighted by Gasteiger charge is -2.15. The number of benzene rings is 1. The van der Waals surface area contributed by atoms with Crippen molar-refractivity contribution in [3.63, 3.8) is 0 Å². The van der Waals surface area contributed by atoms with Crippen LogP contribution in [-0.2, 0) is 0 Å². The number of halogens is 2. The van der Waals surface area contributed by atoms with E-state index in [0.717, 1.165) is 16.3 Å². The average molecular weight is 218 g/mol. The van der Waals surface area contributed by atoms with Crippen molar-refractivity contribution in [3.05, 3.63) is 28.8 Å². The second-order valence-corrected chi connectivity index (χ2v) is 3.85. The Bertz CT molecular complexity index is 266. The van der Waals surface area contributed by atoms with Gasteiger partial charge in [0.1, 0.15) is 0 Å². The molecule has 13 heavy (non-hydrogen) atoms. The van der Waals surface area contributed by atoms with E-state index in [-0.39, 0.29) is 6.04 Å². The predicted molar refractivity (Wildman–Crippen MR) is 60.0 cm³/mol. The van der Waals surface area contributed by atoms with Crippen molar-refractivity contribution in [1.82, 2.24) is 0 Å². The van der Waals surface area contributed by atoms with Gasteiger partial charge in [-0.25, -0.2) is 0 Å². The maximum absolute atomic E-state index is 6.02. The van der Waals surface area contributed by atoms with Gasteiger partial charge in [-0.1, -0.05) is 23.7 Å². The van der Waals surface area contributed by atoms with E-state index < -0.39 is 0 Å². The molecule has 1 N–H and O–H groups in total. The van der Waals surface area contributed by atoms with Crippen LogP contribution in [0.3, 0.4) is 0 Å². The second-order valence-electron chi connectivity index (χ2n) is 3.13. The molecule has 0 aromatic heterocycles. The van der Waals surface area contributed by atoms with Crippen molar-refractivity contribution >= 4 is 28.9 Å². The minimum absolute atomic E-state index is 0.236. The van der Waals surface area contributed by atoms with Crippen LogP contribution in [-0.4, -0.2) is 11.9 Å². The molecule has 0 aliphatic heterocycles. The Kier molecular flexibility index (Phi) is 3.89. The predicted octanol–water partition coefficient (Wildman–Crippen LogP) is 3.69. The number of aryl methyl sites for hydroxylation is 1. The number of nitrogens with one attached hydrogen (secondary N) is 1. The molecule has 0 radical (unpaired) electrons. The molecule has 3 heteroatoms. The van der Waals surface area contributed by atoms with Crippen LogP contribution >= 0.6 is 23.2 Å². The van der Waals surface area contributed by atoms with Gasteiger partial charge in [0, 0.05) is 11.9 Å². The molecule has 1 aromatic rings. The Morgan fingerprint density at radius 2 is 2.15 bits per heavy atom. The van der Waals surface area contributed by atoms with Crippen molar-refractivity contribution in [3.8, 4) is 0 Å². The maximum Gasteiger partial charge on any atom is 0.0640 e. The zero-order chi connectivity index (χ0) is 9.84. The van der Waals surface area contributed by atoms with Crippen molar-refractivity contribution in [2.45, 2.75) is 19.9 Å². The average Bonchev–Trinajstić information content (AvgIpc) is 2.11. The zero-order valence-electron chi connectivity index (χ0n) is 7.77. The van der Waals surface area contributed by atoms with Crippen molar-refractivity contribution in [2.75, 3.05) is 11.2 Å². The summed E-state index contributed by atoms with van der Waals surface area (Å²) in [5.41, 5.74) is 2.13. The zero-order valence-corrected chi connectivity index (χ0v) is 9.28. The van der Waals surface area contributed by atoms with Crippen LogP contribution < -0.4 is 5.32 Å². The van der Waals surface area contributed by atoms with Gasteiger partial charge >= 0.3 is 0 Å². The molecule has 0 heterocycles. The van der Waals surface area contributed by atoms with Gasteiger partial charge in [0.25, 0.3) is 0 Å². The molecule has 0 aliphatic rings. The third kappa shape index (κ3) is 2.78. The molecule has 0 amide bonds. The molecule has 0 fully saturated rings. The minimum atomic E-state index is 0.236. The Morgan fingerprint density at radius 3 is 2.69 bits per heavy atom. The molecular formula is C10H13Cl2N. The Hall–Kier alpha value is -0.400. The topological polar surface area (TPSA) is 12.0 Å². The first-order chi connectivity index (χ1) is 6.15. The fourth-order valence-corrected chi connectivity index (χ4v) is 1.45. The number of para-hydroxylation sites is 1. The molecular weight excluding hydrogens is 205 g/mol. The number of hydrogen-bond donors (Lipinski definition) is 1. The van der Waals surface area contributed by atoms with E-state index in [4.69, 9.17) is 23.2 Å². The summed E-state index contributed by atoms with van der Waals surface area (Å²) in [5, 5.41) is 4.01. The summed E-state index contributed by atoms with van der Waals surface area (Å²) in [6.45, 7) is 4.05. The van der Waals surface area contributed by atoms with Gasteiger partial charge in [-0.3, -0.25) is 0 Å². The van der Waals surface area contributed by atoms with E-state index in [1.165, 1.54) is 0 Å². The largest absolute Gasteiger partial charge is 0.380 e. The summed E-state index contributed by atoms with van der Waals surface area (Å²) in [6, 6.07) is 6.07. The third-order valence-corrected chi connectivity index (χ3v) is 2.62. The van der Waals surface area contributed by atoms with Crippen LogP contribution in [0.5, 0.6) is 0 Å². The lowest BCUT2D eigenvalue weighted by atomic mass is 10.2. The first kappa shape index (κ1) is 10.7. The van der Waals surface area contributed by atoms with E-state index >= 15 is 0 Å². The lowest BCUT2D eigenvalue weighted by molar-refractivity contribution is 0.905. The molecule has 72 valence electrons. The lowest BCUT2D eigenvalue weighted by Crippen LogP contribution is -2.17. The van der Waals surface area contributed by atoms with Crippen molar-refractivity contribution in [2.24, 2.45) is 0 Å². The van der Waals surface area contributed by atoms with Crippen LogP contribution in [0, 0.1) is 6.92 Å². The summed E-state index contributed by atoms with van der Waals surface area (Å²) in [5.74, 6) is 0.574. The fourth-order valence-electron chi connectivity index (χ4n) is 1.10. The smallest absolute Gasteiger partial charge is 0.0640 e. The number of alkyl halides is 1. The van der Waals surface area contributed by atoms with E-state index in [2.05, 4.69) is 5.32 Å². The quantitative estimate of drug-likeness (QED) is 0.763. The highest BCUT2D eigenvalue weighted by Crippen LogP contribution is 2.25. The summed E-state index contributed by atoms with van der Waals surface area (Å²) in [4.78, 5) is 0. The molecule has 0 saturated heterocycles. The Balaban J connectivity index is 2.87. The van der Waals surface area contributed by atoms with Gasteiger partial charge in [-0.2, -0.15) is 0 Å². The van der Waals surface area contributed by atoms with Crippen molar-refractivity contribution < 1.29 is 0 Å². The van der Waals surface area contributed by atoms with Crippen LogP contribution in [0.15, 0.2) is 18.2 Å². The molecule has 1 unspecified atom stereocenters. The number of rotatable bonds is 3. The monoisotopic (exact) mass is 217 g/mol. The molecule has 0 spiro atoms. The van der Waals surface area contributed by atoms with E-state index in [9.17, 15) is 0 Å². The highest BCUT2D eigenvalue weighted by Gasteiger charge is 2.05. The molecule has 0 saturated carbocycles. The summed E-state index contributed by atoms with van der Waals surface area (Å²) < 4.78 is 0. The van der Waals surface area contributed by atoms with Gasteiger partial charge < -0.3 is 5.32 Å². The van der Waals surface area contributed by atoms with Crippen LogP contribution in [0.25, 0.3) is 0 Å².